The Labute approximate surface area is 220 Å². The van der Waals surface area contributed by atoms with Crippen LogP contribution in [0.1, 0.15) is 71.1 Å². The molecule has 7 nitrogen and oxygen atoms in total. The van der Waals surface area contributed by atoms with Crippen LogP contribution >= 0.6 is 7.82 Å². The van der Waals surface area contributed by atoms with Crippen molar-refractivity contribution < 1.29 is 91.0 Å². The van der Waals surface area contributed by atoms with Crippen molar-refractivity contribution in [2.24, 2.45) is 0 Å². The van der Waals surface area contributed by atoms with Crippen molar-refractivity contribution in [1.82, 2.24) is 0 Å². The maximum Gasteiger partial charge on any atom is 1.00 e. The minimum Gasteiger partial charge on any atom is -0.790 e. The summed E-state index contributed by atoms with van der Waals surface area (Å²) in [6.45, 7) is 2.52. The van der Waals surface area contributed by atoms with Crippen molar-refractivity contribution in [3.8, 4) is 0 Å². The standard InChI is InChI=1S/C18H30O3S.2Na.H3O4P/c1-2-3-4-5-6-7-8-9-10-14-17-21-22(19,20)18-15-12-11-13-16-18;;;1-5(2,3)4/h11-13,15-16H,2-10,14,17H2,1H3;;;(H3,1,2,3,4)/q;2*+1;/p-2. The Kier molecular flexibility index (Phi) is 25.4. The fraction of sp³-hybridized carbons (Fsp3) is 0.667. The van der Waals surface area contributed by atoms with Crippen LogP contribution in [0.4, 0.5) is 0 Å². The van der Waals surface area contributed by atoms with Crippen LogP contribution in [0.5, 0.6) is 0 Å². The van der Waals surface area contributed by atoms with Crippen LogP contribution in [-0.4, -0.2) is 19.9 Å². The van der Waals surface area contributed by atoms with Crippen molar-refractivity contribution in [3.05, 3.63) is 30.3 Å². The first-order valence-corrected chi connectivity index (χ1v) is 12.3. The second-order valence-corrected chi connectivity index (χ2v) is 8.79. The molecule has 0 fully saturated rings. The summed E-state index contributed by atoms with van der Waals surface area (Å²) in [6, 6.07) is 8.33. The third kappa shape index (κ3) is 25.4. The van der Waals surface area contributed by atoms with Crippen molar-refractivity contribution in [1.29, 1.82) is 0 Å². The Balaban J connectivity index is -0.000000860. The van der Waals surface area contributed by atoms with Gasteiger partial charge in [-0.1, -0.05) is 82.9 Å². The summed E-state index contributed by atoms with van der Waals surface area (Å²) in [5, 5.41) is 0. The molecule has 0 heterocycles. The van der Waals surface area contributed by atoms with Gasteiger partial charge in [-0.05, 0) is 18.6 Å². The summed E-state index contributed by atoms with van der Waals surface area (Å²) < 4.78 is 37.5. The molecule has 0 aliphatic rings. The van der Waals surface area contributed by atoms with E-state index in [2.05, 4.69) is 6.92 Å². The maximum atomic E-state index is 11.9. The average Bonchev–Trinajstić information content (AvgIpc) is 2.59. The fourth-order valence-corrected chi connectivity index (χ4v) is 3.38. The molecule has 0 radical (unpaired) electrons. The van der Waals surface area contributed by atoms with Gasteiger partial charge in [-0.25, -0.2) is 0 Å². The van der Waals surface area contributed by atoms with Gasteiger partial charge in [0.05, 0.1) is 19.3 Å². The van der Waals surface area contributed by atoms with Crippen molar-refractivity contribution in [3.63, 3.8) is 0 Å². The second-order valence-electron chi connectivity index (χ2n) is 6.24. The van der Waals surface area contributed by atoms with Crippen LogP contribution in [-0.2, 0) is 18.9 Å². The van der Waals surface area contributed by atoms with E-state index in [0.717, 1.165) is 12.8 Å². The van der Waals surface area contributed by atoms with E-state index in [1.54, 1.807) is 30.3 Å². The Morgan fingerprint density at radius 3 is 1.66 bits per heavy atom. The van der Waals surface area contributed by atoms with Gasteiger partial charge in [0, 0.05) is 0 Å². The van der Waals surface area contributed by atoms with Gasteiger partial charge in [0.15, 0.2) is 0 Å². The topological polar surface area (TPSA) is 127 Å². The molecule has 11 heteroatoms. The summed E-state index contributed by atoms with van der Waals surface area (Å²) in [4.78, 5) is 24.5. The summed E-state index contributed by atoms with van der Waals surface area (Å²) in [7, 11) is -8.71. The maximum absolute atomic E-state index is 11.9. The van der Waals surface area contributed by atoms with E-state index < -0.39 is 17.9 Å². The third-order valence-electron chi connectivity index (χ3n) is 3.77. The normalized spacial score (nSPS) is 10.9. The molecule has 0 amide bonds. The van der Waals surface area contributed by atoms with Gasteiger partial charge < -0.3 is 19.2 Å². The van der Waals surface area contributed by atoms with Crippen LogP contribution in [0.15, 0.2) is 35.2 Å². The predicted octanol–water partition coefficient (Wildman–Crippen LogP) is -2.87. The van der Waals surface area contributed by atoms with Gasteiger partial charge in [0.25, 0.3) is 10.1 Å². The first kappa shape index (κ1) is 34.8. The van der Waals surface area contributed by atoms with E-state index in [0.29, 0.717) is 0 Å². The summed E-state index contributed by atoms with van der Waals surface area (Å²) >= 11 is 0. The Morgan fingerprint density at radius 1 is 0.862 bits per heavy atom. The molecule has 0 bridgehead atoms. The SMILES string of the molecule is CCCCCCCCCCCCOS(=O)(=O)c1ccccc1.O=P([O-])([O-])O.[Na+].[Na+]. The van der Waals surface area contributed by atoms with E-state index >= 15 is 0 Å². The van der Waals surface area contributed by atoms with Gasteiger partial charge in [0.1, 0.15) is 0 Å². The van der Waals surface area contributed by atoms with Gasteiger partial charge in [-0.2, -0.15) is 8.42 Å². The molecule has 0 saturated heterocycles. The number of hydrogen-bond acceptors (Lipinski definition) is 6. The monoisotopic (exact) mass is 468 g/mol. The fourth-order valence-electron chi connectivity index (χ4n) is 2.41. The van der Waals surface area contributed by atoms with E-state index in [9.17, 15) is 8.42 Å². The molecular formula is C18H31Na2O7PS. The molecule has 0 saturated carbocycles. The molecular weight excluding hydrogens is 437 g/mol. The molecule has 1 aromatic rings. The van der Waals surface area contributed by atoms with Crippen LogP contribution in [0.3, 0.4) is 0 Å². The predicted molar refractivity (Wildman–Crippen MR) is 101 cm³/mol. The molecule has 1 N–H and O–H groups in total. The largest absolute Gasteiger partial charge is 1.00 e. The van der Waals surface area contributed by atoms with Gasteiger partial charge in [-0.15, -0.1) is 0 Å². The molecule has 1 rings (SSSR count). The van der Waals surface area contributed by atoms with Crippen LogP contribution < -0.4 is 68.9 Å². The number of unbranched alkanes of at least 4 members (excludes halogenated alkanes) is 9. The quantitative estimate of drug-likeness (QED) is 0.143. The first-order chi connectivity index (χ1) is 12.7. The zero-order chi connectivity index (χ0) is 20.6. The molecule has 0 atom stereocenters. The minimum atomic E-state index is -5.14. The van der Waals surface area contributed by atoms with E-state index in [1.807, 2.05) is 0 Å². The van der Waals surface area contributed by atoms with E-state index in [4.69, 9.17) is 23.4 Å². The van der Waals surface area contributed by atoms with Crippen LogP contribution in [0.25, 0.3) is 0 Å². The number of benzene rings is 1. The molecule has 0 aliphatic carbocycles. The zero-order valence-corrected chi connectivity index (χ0v) is 23.6. The Hall–Kier alpha value is 1.24. The van der Waals surface area contributed by atoms with Gasteiger partial charge >= 0.3 is 59.1 Å². The molecule has 0 spiro atoms. The molecule has 0 unspecified atom stereocenters. The van der Waals surface area contributed by atoms with E-state index in [1.165, 1.54) is 51.4 Å². The van der Waals surface area contributed by atoms with Gasteiger partial charge in [-0.3, -0.25) is 4.18 Å². The summed E-state index contributed by atoms with van der Waals surface area (Å²) in [6.07, 6.45) is 12.3. The van der Waals surface area contributed by atoms with Crippen LogP contribution in [0.2, 0.25) is 0 Å². The minimum absolute atomic E-state index is 0. The number of rotatable bonds is 13. The first-order valence-electron chi connectivity index (χ1n) is 9.36. The number of phosphoric acid groups is 1. The number of hydrogen-bond donors (Lipinski definition) is 1. The van der Waals surface area contributed by atoms with Gasteiger partial charge in [0.2, 0.25) is 0 Å². The molecule has 29 heavy (non-hydrogen) atoms. The van der Waals surface area contributed by atoms with Crippen molar-refractivity contribution in [2.75, 3.05) is 6.61 Å². The summed E-state index contributed by atoms with van der Waals surface area (Å²) in [5.41, 5.74) is 0. The van der Waals surface area contributed by atoms with Crippen molar-refractivity contribution >= 4 is 17.9 Å². The molecule has 0 aromatic heterocycles. The molecule has 1 aromatic carbocycles. The van der Waals surface area contributed by atoms with E-state index in [-0.39, 0.29) is 70.6 Å². The summed E-state index contributed by atoms with van der Waals surface area (Å²) in [5.74, 6) is 0. The molecule has 158 valence electrons. The second kappa shape index (κ2) is 21.1. The zero-order valence-electron chi connectivity index (χ0n) is 17.9. The van der Waals surface area contributed by atoms with Crippen molar-refractivity contribution in [2.45, 2.75) is 76.0 Å². The Bertz CT molecular complexity index is 616. The van der Waals surface area contributed by atoms with Crippen LogP contribution in [0, 0.1) is 0 Å². The Morgan fingerprint density at radius 2 is 1.24 bits per heavy atom. The third-order valence-corrected chi connectivity index (χ3v) is 5.09. The smallest absolute Gasteiger partial charge is 0.790 e. The average molecular weight is 468 g/mol. The molecule has 0 aliphatic heterocycles.